The minimum Gasteiger partial charge on any atom is -0.481 e. The van der Waals surface area contributed by atoms with Gasteiger partial charge in [0, 0.05) is 18.6 Å². The first-order valence-electron chi connectivity index (χ1n) is 6.74. The number of amides is 2. The Morgan fingerprint density at radius 1 is 1.44 bits per heavy atom. The Balaban J connectivity index is 2.38. The number of nitrogens with one attached hydrogen (secondary N) is 1. The topological polar surface area (TPSA) is 69.6 Å². The highest BCUT2D eigenvalue weighted by molar-refractivity contribution is 5.76. The third-order valence-electron chi connectivity index (χ3n) is 3.34. The van der Waals surface area contributed by atoms with E-state index in [0.29, 0.717) is 12.0 Å². The maximum atomic E-state index is 12.0. The number of hydrogen-bond acceptors (Lipinski definition) is 2. The van der Waals surface area contributed by atoms with E-state index in [1.807, 2.05) is 13.8 Å². The monoisotopic (exact) mass is 256 g/mol. The molecule has 2 unspecified atom stereocenters. The first-order chi connectivity index (χ1) is 8.45. The molecule has 5 heteroatoms. The van der Waals surface area contributed by atoms with Crippen LogP contribution >= 0.6 is 0 Å². The summed E-state index contributed by atoms with van der Waals surface area (Å²) in [5.41, 5.74) is 0. The first-order valence-corrected chi connectivity index (χ1v) is 6.74. The average molecular weight is 256 g/mol. The van der Waals surface area contributed by atoms with Crippen LogP contribution in [0.3, 0.4) is 0 Å². The fraction of sp³-hybridized carbons (Fsp3) is 0.846. The van der Waals surface area contributed by atoms with Crippen LogP contribution in [0.2, 0.25) is 0 Å². The number of aliphatic carboxylic acids is 1. The predicted molar refractivity (Wildman–Crippen MR) is 69.4 cm³/mol. The zero-order valence-electron chi connectivity index (χ0n) is 11.5. The zero-order chi connectivity index (χ0) is 13.7. The fourth-order valence-electron chi connectivity index (χ4n) is 2.17. The molecule has 2 atom stereocenters. The summed E-state index contributed by atoms with van der Waals surface area (Å²) >= 11 is 0. The summed E-state index contributed by atoms with van der Waals surface area (Å²) in [6.45, 7) is 6.21. The summed E-state index contributed by atoms with van der Waals surface area (Å²) in [6.07, 6.45) is 3.35. The van der Waals surface area contributed by atoms with Gasteiger partial charge in [-0.25, -0.2) is 4.79 Å². The SMILES string of the molecule is CCCC1CC1NC(=O)N(CCC(=O)O)C(C)C. The first kappa shape index (κ1) is 14.8. The smallest absolute Gasteiger partial charge is 0.317 e. The number of carbonyl (C=O) groups is 2. The van der Waals surface area contributed by atoms with Crippen molar-refractivity contribution in [3.63, 3.8) is 0 Å². The molecule has 1 fully saturated rings. The van der Waals surface area contributed by atoms with E-state index in [9.17, 15) is 9.59 Å². The van der Waals surface area contributed by atoms with Crippen LogP contribution in [0.25, 0.3) is 0 Å². The van der Waals surface area contributed by atoms with E-state index in [4.69, 9.17) is 5.11 Å². The molecule has 2 N–H and O–H groups in total. The lowest BCUT2D eigenvalue weighted by Gasteiger charge is -2.26. The summed E-state index contributed by atoms with van der Waals surface area (Å²) in [6, 6.07) is 0.186. The molecule has 0 aromatic heterocycles. The number of carbonyl (C=O) groups excluding carboxylic acids is 1. The van der Waals surface area contributed by atoms with E-state index >= 15 is 0 Å². The molecule has 0 saturated heterocycles. The van der Waals surface area contributed by atoms with E-state index in [2.05, 4.69) is 12.2 Å². The molecule has 0 aliphatic heterocycles. The Bertz CT molecular complexity index is 305. The summed E-state index contributed by atoms with van der Waals surface area (Å²) in [4.78, 5) is 24.2. The average Bonchev–Trinajstić information content (AvgIpc) is 2.96. The summed E-state index contributed by atoms with van der Waals surface area (Å²) in [5.74, 6) is -0.254. The van der Waals surface area contributed by atoms with E-state index in [1.54, 1.807) is 4.90 Å². The largest absolute Gasteiger partial charge is 0.481 e. The summed E-state index contributed by atoms with van der Waals surface area (Å²) < 4.78 is 0. The lowest BCUT2D eigenvalue weighted by Crippen LogP contribution is -2.46. The van der Waals surface area contributed by atoms with E-state index in [-0.39, 0.29) is 25.0 Å². The fourth-order valence-corrected chi connectivity index (χ4v) is 2.17. The van der Waals surface area contributed by atoms with Gasteiger partial charge < -0.3 is 15.3 Å². The maximum absolute atomic E-state index is 12.0. The van der Waals surface area contributed by atoms with E-state index in [0.717, 1.165) is 19.3 Å². The Morgan fingerprint density at radius 3 is 2.61 bits per heavy atom. The Hall–Kier alpha value is -1.26. The normalized spacial score (nSPS) is 21.8. The Kier molecular flexibility index (Phi) is 5.44. The van der Waals surface area contributed by atoms with Crippen molar-refractivity contribution >= 4 is 12.0 Å². The van der Waals surface area contributed by atoms with Gasteiger partial charge in [0.25, 0.3) is 0 Å². The van der Waals surface area contributed by atoms with Crippen LogP contribution in [0, 0.1) is 5.92 Å². The standard InChI is InChI=1S/C13H24N2O3/c1-4-5-10-8-11(10)14-13(18)15(9(2)3)7-6-12(16)17/h9-11H,4-8H2,1-3H3,(H,14,18)(H,16,17). The lowest BCUT2D eigenvalue weighted by molar-refractivity contribution is -0.137. The quantitative estimate of drug-likeness (QED) is 0.732. The van der Waals surface area contributed by atoms with Crippen LogP contribution in [0.5, 0.6) is 0 Å². The Labute approximate surface area is 109 Å². The molecule has 0 heterocycles. The van der Waals surface area contributed by atoms with Gasteiger partial charge in [-0.05, 0) is 32.6 Å². The van der Waals surface area contributed by atoms with Gasteiger partial charge in [0.05, 0.1) is 6.42 Å². The van der Waals surface area contributed by atoms with Gasteiger partial charge in [-0.2, -0.15) is 0 Å². The van der Waals surface area contributed by atoms with E-state index < -0.39 is 5.97 Å². The predicted octanol–water partition coefficient (Wildman–Crippen LogP) is 2.07. The van der Waals surface area contributed by atoms with Crippen LogP contribution in [-0.4, -0.2) is 40.6 Å². The van der Waals surface area contributed by atoms with Crippen LogP contribution in [-0.2, 0) is 4.79 Å². The van der Waals surface area contributed by atoms with Crippen LogP contribution < -0.4 is 5.32 Å². The molecule has 0 aromatic rings. The molecular weight excluding hydrogens is 232 g/mol. The number of nitrogens with zero attached hydrogens (tertiary/aromatic N) is 1. The molecule has 2 amide bonds. The van der Waals surface area contributed by atoms with Crippen molar-refractivity contribution in [3.8, 4) is 0 Å². The molecule has 1 aliphatic carbocycles. The zero-order valence-corrected chi connectivity index (χ0v) is 11.5. The van der Waals surface area contributed by atoms with Gasteiger partial charge in [0.1, 0.15) is 0 Å². The second kappa shape index (κ2) is 6.61. The highest BCUT2D eigenvalue weighted by Gasteiger charge is 2.38. The van der Waals surface area contributed by atoms with Gasteiger partial charge in [0.2, 0.25) is 0 Å². The van der Waals surface area contributed by atoms with Crippen molar-refractivity contribution in [1.29, 1.82) is 0 Å². The molecule has 1 rings (SSSR count). The highest BCUT2D eigenvalue weighted by atomic mass is 16.4. The number of urea groups is 1. The summed E-state index contributed by atoms with van der Waals surface area (Å²) in [5, 5.41) is 11.7. The molecule has 5 nitrogen and oxygen atoms in total. The van der Waals surface area contributed by atoms with Crippen molar-refractivity contribution in [3.05, 3.63) is 0 Å². The van der Waals surface area contributed by atoms with Gasteiger partial charge in [-0.15, -0.1) is 0 Å². The third-order valence-corrected chi connectivity index (χ3v) is 3.34. The van der Waals surface area contributed by atoms with Gasteiger partial charge >= 0.3 is 12.0 Å². The number of hydrogen-bond donors (Lipinski definition) is 2. The molecule has 0 spiro atoms. The molecule has 18 heavy (non-hydrogen) atoms. The van der Waals surface area contributed by atoms with Crippen molar-refractivity contribution in [2.24, 2.45) is 5.92 Å². The van der Waals surface area contributed by atoms with Gasteiger partial charge in [0.15, 0.2) is 0 Å². The summed E-state index contributed by atoms with van der Waals surface area (Å²) in [7, 11) is 0. The molecule has 1 aliphatic rings. The van der Waals surface area contributed by atoms with Gasteiger partial charge in [-0.1, -0.05) is 13.3 Å². The van der Waals surface area contributed by atoms with E-state index in [1.165, 1.54) is 0 Å². The van der Waals surface area contributed by atoms with Crippen molar-refractivity contribution in [1.82, 2.24) is 10.2 Å². The van der Waals surface area contributed by atoms with Crippen LogP contribution in [0.15, 0.2) is 0 Å². The number of carboxylic acids is 1. The minimum absolute atomic E-state index is 0.00530. The molecule has 0 aromatic carbocycles. The number of rotatable bonds is 7. The van der Waals surface area contributed by atoms with Crippen molar-refractivity contribution < 1.29 is 14.7 Å². The second-order valence-corrected chi connectivity index (χ2v) is 5.27. The minimum atomic E-state index is -0.872. The Morgan fingerprint density at radius 2 is 2.11 bits per heavy atom. The van der Waals surface area contributed by atoms with Crippen molar-refractivity contribution in [2.45, 2.75) is 58.5 Å². The third kappa shape index (κ3) is 4.55. The van der Waals surface area contributed by atoms with Crippen molar-refractivity contribution in [2.75, 3.05) is 6.54 Å². The molecule has 0 bridgehead atoms. The highest BCUT2D eigenvalue weighted by Crippen LogP contribution is 2.34. The molecule has 1 saturated carbocycles. The van der Waals surface area contributed by atoms with Crippen LogP contribution in [0.4, 0.5) is 4.79 Å². The maximum Gasteiger partial charge on any atom is 0.317 e. The van der Waals surface area contributed by atoms with Gasteiger partial charge in [-0.3, -0.25) is 4.79 Å². The molecule has 0 radical (unpaired) electrons. The number of carboxylic acid groups (broad SMARTS) is 1. The lowest BCUT2D eigenvalue weighted by atomic mass is 10.2. The second-order valence-electron chi connectivity index (χ2n) is 5.27. The molecular formula is C13H24N2O3. The van der Waals surface area contributed by atoms with Crippen LogP contribution in [0.1, 0.15) is 46.5 Å². The molecule has 104 valence electrons.